The number of halogens is 1. The maximum absolute atomic E-state index is 13.1. The minimum atomic E-state index is -0.190. The third-order valence-corrected chi connectivity index (χ3v) is 4.89. The van der Waals surface area contributed by atoms with Gasteiger partial charge < -0.3 is 24.8 Å². The van der Waals surface area contributed by atoms with Crippen LogP contribution in [0.15, 0.2) is 29.3 Å². The van der Waals surface area contributed by atoms with Gasteiger partial charge in [0.15, 0.2) is 5.96 Å². The van der Waals surface area contributed by atoms with E-state index in [1.165, 1.54) is 12.1 Å². The molecule has 0 radical (unpaired) electrons. The number of nitrogens with one attached hydrogen (secondary N) is 1. The summed E-state index contributed by atoms with van der Waals surface area (Å²) in [4.78, 5) is 11.7. The largest absolute Gasteiger partial charge is 0.374 e. The van der Waals surface area contributed by atoms with Crippen molar-refractivity contribution in [3.63, 3.8) is 0 Å². The van der Waals surface area contributed by atoms with Crippen molar-refractivity contribution in [2.24, 2.45) is 4.99 Å². The Morgan fingerprint density at radius 3 is 2.58 bits per heavy atom. The van der Waals surface area contributed by atoms with E-state index in [0.29, 0.717) is 6.54 Å². The van der Waals surface area contributed by atoms with Gasteiger partial charge in [0.2, 0.25) is 0 Å². The van der Waals surface area contributed by atoms with Gasteiger partial charge >= 0.3 is 0 Å². The molecule has 3 rings (SSSR count). The van der Waals surface area contributed by atoms with Gasteiger partial charge in [-0.2, -0.15) is 0 Å². The van der Waals surface area contributed by atoms with Crippen molar-refractivity contribution in [1.29, 1.82) is 0 Å². The topological polar surface area (TPSA) is 43.3 Å². The predicted octanol–water partition coefficient (Wildman–Crippen LogP) is 1.24. The molecule has 2 heterocycles. The van der Waals surface area contributed by atoms with Crippen LogP contribution in [0.5, 0.6) is 0 Å². The number of likely N-dealkylation sites (N-methyl/N-ethyl adjacent to an activating group) is 1. The van der Waals surface area contributed by atoms with E-state index in [1.807, 2.05) is 12.1 Å². The van der Waals surface area contributed by atoms with Crippen LogP contribution in [-0.4, -0.2) is 87.9 Å². The Morgan fingerprint density at radius 1 is 1.19 bits per heavy atom. The number of rotatable bonds is 4. The Hall–Kier alpha value is -1.86. The lowest BCUT2D eigenvalue weighted by Gasteiger charge is -2.38. The van der Waals surface area contributed by atoms with Gasteiger partial charge in [-0.25, -0.2) is 4.39 Å². The van der Waals surface area contributed by atoms with Gasteiger partial charge in [-0.15, -0.1) is 0 Å². The van der Waals surface area contributed by atoms with Gasteiger partial charge in [0.05, 0.1) is 19.3 Å². The third kappa shape index (κ3) is 5.08. The number of benzene rings is 1. The molecule has 0 spiro atoms. The highest BCUT2D eigenvalue weighted by atomic mass is 19.1. The van der Waals surface area contributed by atoms with E-state index in [2.05, 4.69) is 34.0 Å². The summed E-state index contributed by atoms with van der Waals surface area (Å²) >= 11 is 0. The second kappa shape index (κ2) is 9.19. The fraction of sp³-hybridized carbons (Fsp3) is 0.632. The van der Waals surface area contributed by atoms with Gasteiger partial charge in [-0.1, -0.05) is 0 Å². The molecule has 1 aromatic carbocycles. The van der Waals surface area contributed by atoms with Gasteiger partial charge in [0.1, 0.15) is 5.82 Å². The molecule has 7 heteroatoms. The van der Waals surface area contributed by atoms with Crippen molar-refractivity contribution in [3.05, 3.63) is 30.1 Å². The van der Waals surface area contributed by atoms with E-state index in [9.17, 15) is 4.39 Å². The molecule has 26 heavy (non-hydrogen) atoms. The summed E-state index contributed by atoms with van der Waals surface area (Å²) < 4.78 is 18.9. The van der Waals surface area contributed by atoms with E-state index in [0.717, 1.165) is 64.1 Å². The molecule has 0 aromatic heterocycles. The van der Waals surface area contributed by atoms with Crippen LogP contribution in [0.1, 0.15) is 6.92 Å². The Balaban J connectivity index is 1.55. The molecule has 0 aliphatic carbocycles. The molecule has 2 aliphatic rings. The molecule has 1 unspecified atom stereocenters. The van der Waals surface area contributed by atoms with Gasteiger partial charge in [-0.05, 0) is 38.2 Å². The molecular weight excluding hydrogens is 333 g/mol. The van der Waals surface area contributed by atoms with Gasteiger partial charge in [0.25, 0.3) is 0 Å². The quantitative estimate of drug-likeness (QED) is 0.644. The molecular formula is C19H30FN5O. The highest BCUT2D eigenvalue weighted by molar-refractivity contribution is 5.80. The average Bonchev–Trinajstić information content (AvgIpc) is 2.66. The summed E-state index contributed by atoms with van der Waals surface area (Å²) in [6, 6.07) is 6.74. The lowest BCUT2D eigenvalue weighted by Crippen LogP contribution is -2.53. The van der Waals surface area contributed by atoms with E-state index >= 15 is 0 Å². The third-order valence-electron chi connectivity index (χ3n) is 4.89. The minimum Gasteiger partial charge on any atom is -0.374 e. The molecule has 1 N–H and O–H groups in total. The fourth-order valence-corrected chi connectivity index (χ4v) is 3.42. The number of anilines is 1. The van der Waals surface area contributed by atoms with Crippen LogP contribution in [0, 0.1) is 5.82 Å². The van der Waals surface area contributed by atoms with Crippen molar-refractivity contribution >= 4 is 11.6 Å². The van der Waals surface area contributed by atoms with Crippen molar-refractivity contribution < 1.29 is 9.13 Å². The number of morpholine rings is 1. The van der Waals surface area contributed by atoms with Crippen LogP contribution in [-0.2, 0) is 4.74 Å². The number of hydrogen-bond donors (Lipinski definition) is 1. The first-order chi connectivity index (χ1) is 12.7. The Kier molecular flexibility index (Phi) is 6.68. The van der Waals surface area contributed by atoms with Gasteiger partial charge in [0, 0.05) is 51.5 Å². The molecule has 6 nitrogen and oxygen atoms in total. The number of piperazine rings is 1. The van der Waals surface area contributed by atoms with E-state index in [1.54, 1.807) is 0 Å². The lowest BCUT2D eigenvalue weighted by atomic mass is 10.2. The normalized spacial score (nSPS) is 22.6. The smallest absolute Gasteiger partial charge is 0.194 e. The lowest BCUT2D eigenvalue weighted by molar-refractivity contribution is -0.0137. The monoisotopic (exact) mass is 363 g/mol. The minimum absolute atomic E-state index is 0.169. The van der Waals surface area contributed by atoms with E-state index < -0.39 is 0 Å². The summed E-state index contributed by atoms with van der Waals surface area (Å²) in [5, 5.41) is 3.40. The number of nitrogens with zero attached hydrogens (tertiary/aromatic N) is 4. The molecule has 144 valence electrons. The molecule has 0 amide bonds. The average molecular weight is 363 g/mol. The zero-order chi connectivity index (χ0) is 18.4. The standard InChI is InChI=1S/C19H30FN5O/c1-3-21-19(22-14-18-15-23(2)12-13-26-18)25-10-8-24(9-11-25)17-6-4-16(20)5-7-17/h4-7,18H,3,8-15H2,1-2H3,(H,21,22). The summed E-state index contributed by atoms with van der Waals surface area (Å²) in [5.41, 5.74) is 1.08. The van der Waals surface area contributed by atoms with Crippen molar-refractivity contribution in [1.82, 2.24) is 15.1 Å². The SMILES string of the molecule is CCNC(=NCC1CN(C)CCO1)N1CCN(c2ccc(F)cc2)CC1. The summed E-state index contributed by atoms with van der Waals surface area (Å²) in [5.74, 6) is 0.771. The number of aliphatic imine (C=N–C) groups is 1. The number of ether oxygens (including phenoxy) is 1. The number of hydrogen-bond acceptors (Lipinski definition) is 4. The molecule has 0 bridgehead atoms. The van der Waals surface area contributed by atoms with Crippen LogP contribution >= 0.6 is 0 Å². The second-order valence-electron chi connectivity index (χ2n) is 6.90. The Bertz CT molecular complexity index is 586. The van der Waals surface area contributed by atoms with E-state index in [-0.39, 0.29) is 11.9 Å². The second-order valence-corrected chi connectivity index (χ2v) is 6.90. The molecule has 2 fully saturated rings. The fourth-order valence-electron chi connectivity index (χ4n) is 3.42. The van der Waals surface area contributed by atoms with Crippen molar-refractivity contribution in [3.8, 4) is 0 Å². The predicted molar refractivity (Wildman–Crippen MR) is 103 cm³/mol. The van der Waals surface area contributed by atoms with Crippen molar-refractivity contribution in [2.45, 2.75) is 13.0 Å². The molecule has 1 aromatic rings. The van der Waals surface area contributed by atoms with Crippen molar-refractivity contribution in [2.75, 3.05) is 70.9 Å². The first kappa shape index (κ1) is 18.9. The molecule has 0 saturated carbocycles. The Morgan fingerprint density at radius 2 is 1.92 bits per heavy atom. The molecule has 2 saturated heterocycles. The summed E-state index contributed by atoms with van der Waals surface area (Å²) in [6.07, 6.45) is 0.169. The van der Waals surface area contributed by atoms with Crippen LogP contribution in [0.4, 0.5) is 10.1 Å². The van der Waals surface area contributed by atoms with E-state index in [4.69, 9.17) is 9.73 Å². The zero-order valence-corrected chi connectivity index (χ0v) is 15.8. The van der Waals surface area contributed by atoms with Gasteiger partial charge in [-0.3, -0.25) is 4.99 Å². The van der Waals surface area contributed by atoms with Crippen LogP contribution in [0.3, 0.4) is 0 Å². The summed E-state index contributed by atoms with van der Waals surface area (Å²) in [6.45, 7) is 9.93. The van der Waals surface area contributed by atoms with Crippen LogP contribution in [0.25, 0.3) is 0 Å². The Labute approximate surface area is 155 Å². The number of guanidine groups is 1. The highest BCUT2D eigenvalue weighted by Gasteiger charge is 2.21. The first-order valence-electron chi connectivity index (χ1n) is 9.49. The first-order valence-corrected chi connectivity index (χ1v) is 9.49. The summed E-state index contributed by atoms with van der Waals surface area (Å²) in [7, 11) is 2.12. The van der Waals surface area contributed by atoms with Crippen LogP contribution in [0.2, 0.25) is 0 Å². The zero-order valence-electron chi connectivity index (χ0n) is 15.8. The molecule has 2 aliphatic heterocycles. The highest BCUT2D eigenvalue weighted by Crippen LogP contribution is 2.17. The van der Waals surface area contributed by atoms with Crippen LogP contribution < -0.4 is 10.2 Å². The maximum Gasteiger partial charge on any atom is 0.194 e. The maximum atomic E-state index is 13.1. The molecule has 1 atom stereocenters.